The van der Waals surface area contributed by atoms with Gasteiger partial charge in [0.05, 0.1) is 11.6 Å². The molecule has 2 aliphatic heterocycles. The summed E-state index contributed by atoms with van der Waals surface area (Å²) in [6, 6.07) is 5.43. The van der Waals surface area contributed by atoms with Gasteiger partial charge >= 0.3 is 0 Å². The van der Waals surface area contributed by atoms with Gasteiger partial charge in [-0.25, -0.2) is 0 Å². The van der Waals surface area contributed by atoms with E-state index < -0.39 is 0 Å². The summed E-state index contributed by atoms with van der Waals surface area (Å²) in [5, 5.41) is 5.81. The number of fused-ring (bicyclic) bond motifs is 1. The van der Waals surface area contributed by atoms with Crippen molar-refractivity contribution in [3.05, 3.63) is 29.8 Å². The van der Waals surface area contributed by atoms with Gasteiger partial charge in [-0.15, -0.1) is 12.3 Å². The second-order valence-corrected chi connectivity index (χ2v) is 8.16. The summed E-state index contributed by atoms with van der Waals surface area (Å²) in [5.74, 6) is 2.92. The third-order valence-electron chi connectivity index (χ3n) is 5.91. The quantitative estimate of drug-likeness (QED) is 0.589. The normalized spacial score (nSPS) is 27.5. The minimum Gasteiger partial charge on any atom is -0.482 e. The third-order valence-corrected chi connectivity index (χ3v) is 5.91. The number of carbonyl (C=O) groups is 3. The lowest BCUT2D eigenvalue weighted by Gasteiger charge is -2.37. The van der Waals surface area contributed by atoms with Crippen molar-refractivity contribution in [2.45, 2.75) is 38.3 Å². The van der Waals surface area contributed by atoms with Crippen LogP contribution in [-0.2, 0) is 14.4 Å². The SMILES string of the molecule is C#C[C@H]1C[C@H]1C(=O)N[C@@H]1CC[C@@H](C)N(C(=O)/C=C/c2ccc3c(c2)NC(=O)CO3)C1. The van der Waals surface area contributed by atoms with E-state index in [1.165, 1.54) is 6.08 Å². The minimum absolute atomic E-state index is 0.00114. The van der Waals surface area contributed by atoms with E-state index in [2.05, 4.69) is 16.6 Å². The minimum atomic E-state index is -0.199. The van der Waals surface area contributed by atoms with Crippen molar-refractivity contribution < 1.29 is 19.1 Å². The van der Waals surface area contributed by atoms with E-state index in [0.29, 0.717) is 18.0 Å². The molecule has 3 aliphatic rings. The van der Waals surface area contributed by atoms with Gasteiger partial charge < -0.3 is 20.3 Å². The Kier molecular flexibility index (Phi) is 5.49. The zero-order chi connectivity index (χ0) is 21.3. The van der Waals surface area contributed by atoms with Crippen molar-refractivity contribution in [1.82, 2.24) is 10.2 Å². The van der Waals surface area contributed by atoms with Crippen LogP contribution in [0.25, 0.3) is 6.08 Å². The zero-order valence-corrected chi connectivity index (χ0v) is 16.9. The molecule has 0 spiro atoms. The first kappa shape index (κ1) is 20.0. The highest BCUT2D eigenvalue weighted by molar-refractivity contribution is 5.96. The number of ether oxygens (including phenoxy) is 1. The maximum absolute atomic E-state index is 12.8. The van der Waals surface area contributed by atoms with Crippen molar-refractivity contribution in [3.8, 4) is 18.1 Å². The number of nitrogens with one attached hydrogen (secondary N) is 2. The first-order chi connectivity index (χ1) is 14.4. The molecule has 1 saturated carbocycles. The summed E-state index contributed by atoms with van der Waals surface area (Å²) >= 11 is 0. The highest BCUT2D eigenvalue weighted by atomic mass is 16.5. The lowest BCUT2D eigenvalue weighted by atomic mass is 9.98. The fourth-order valence-electron chi connectivity index (χ4n) is 3.98. The van der Waals surface area contributed by atoms with Gasteiger partial charge in [-0.2, -0.15) is 0 Å². The highest BCUT2D eigenvalue weighted by Gasteiger charge is 2.42. The summed E-state index contributed by atoms with van der Waals surface area (Å²) in [6.07, 6.45) is 11.1. The van der Waals surface area contributed by atoms with E-state index in [9.17, 15) is 14.4 Å². The Balaban J connectivity index is 1.37. The van der Waals surface area contributed by atoms with E-state index in [1.807, 2.05) is 13.0 Å². The van der Waals surface area contributed by atoms with Crippen LogP contribution in [0.15, 0.2) is 24.3 Å². The van der Waals surface area contributed by atoms with Crippen molar-refractivity contribution >= 4 is 29.5 Å². The number of anilines is 1. The molecule has 4 atom stereocenters. The van der Waals surface area contributed by atoms with E-state index in [-0.39, 0.29) is 48.2 Å². The molecule has 2 N–H and O–H groups in total. The molecule has 2 fully saturated rings. The molecule has 156 valence electrons. The molecule has 0 bridgehead atoms. The Morgan fingerprint density at radius 3 is 2.97 bits per heavy atom. The van der Waals surface area contributed by atoms with Crippen molar-refractivity contribution in [2.24, 2.45) is 11.8 Å². The molecular weight excluding hydrogens is 382 g/mol. The van der Waals surface area contributed by atoms with Crippen LogP contribution in [0, 0.1) is 24.2 Å². The first-order valence-corrected chi connectivity index (χ1v) is 10.3. The molecule has 2 heterocycles. The van der Waals surface area contributed by atoms with Gasteiger partial charge in [0.2, 0.25) is 11.8 Å². The maximum atomic E-state index is 12.8. The largest absolute Gasteiger partial charge is 0.482 e. The van der Waals surface area contributed by atoms with Crippen molar-refractivity contribution in [2.75, 3.05) is 18.5 Å². The van der Waals surface area contributed by atoms with Gasteiger partial charge in [-0.1, -0.05) is 6.07 Å². The number of terminal acetylenes is 1. The van der Waals surface area contributed by atoms with E-state index >= 15 is 0 Å². The molecule has 1 aromatic carbocycles. The molecule has 0 unspecified atom stereocenters. The standard InChI is InChI=1S/C23H25N3O4/c1-3-16-11-18(16)23(29)24-17-7-4-14(2)26(12-17)22(28)9-6-15-5-8-20-19(10-15)25-21(27)13-30-20/h1,5-6,8-10,14,16-18H,4,7,11-13H2,2H3,(H,24,29)(H,25,27)/b9-6+/t14-,16+,17-,18-/m1/s1. The smallest absolute Gasteiger partial charge is 0.262 e. The van der Waals surface area contributed by atoms with E-state index in [0.717, 1.165) is 24.8 Å². The topological polar surface area (TPSA) is 87.7 Å². The number of amides is 3. The average molecular weight is 407 g/mol. The summed E-state index contributed by atoms with van der Waals surface area (Å²) in [7, 11) is 0. The van der Waals surface area contributed by atoms with Gasteiger partial charge in [0.15, 0.2) is 6.61 Å². The molecule has 1 aliphatic carbocycles. The molecule has 30 heavy (non-hydrogen) atoms. The third kappa shape index (κ3) is 4.33. The highest BCUT2D eigenvalue weighted by Crippen LogP contribution is 2.38. The van der Waals surface area contributed by atoms with E-state index in [1.54, 1.807) is 23.1 Å². The van der Waals surface area contributed by atoms with Gasteiger partial charge in [-0.3, -0.25) is 14.4 Å². The van der Waals surface area contributed by atoms with Crippen LogP contribution in [0.4, 0.5) is 5.69 Å². The number of hydrogen-bond acceptors (Lipinski definition) is 4. The Labute approximate surface area is 175 Å². The van der Waals surface area contributed by atoms with Gasteiger partial charge in [0, 0.05) is 30.6 Å². The molecule has 1 saturated heterocycles. The number of benzene rings is 1. The lowest BCUT2D eigenvalue weighted by Crippen LogP contribution is -2.53. The Morgan fingerprint density at radius 2 is 2.20 bits per heavy atom. The number of likely N-dealkylation sites (tertiary alicyclic amines) is 1. The number of nitrogens with zero attached hydrogens (tertiary/aromatic N) is 1. The van der Waals surface area contributed by atoms with E-state index in [4.69, 9.17) is 11.2 Å². The molecule has 7 nitrogen and oxygen atoms in total. The zero-order valence-electron chi connectivity index (χ0n) is 16.9. The van der Waals surface area contributed by atoms with Crippen LogP contribution >= 0.6 is 0 Å². The van der Waals surface area contributed by atoms with Crippen LogP contribution < -0.4 is 15.4 Å². The van der Waals surface area contributed by atoms with Gasteiger partial charge in [-0.05, 0) is 50.0 Å². The fourth-order valence-corrected chi connectivity index (χ4v) is 3.98. The van der Waals surface area contributed by atoms with Crippen LogP contribution in [0.5, 0.6) is 5.75 Å². The second kappa shape index (κ2) is 8.23. The molecule has 0 aromatic heterocycles. The fraction of sp³-hybridized carbons (Fsp3) is 0.435. The number of hydrogen-bond donors (Lipinski definition) is 2. The van der Waals surface area contributed by atoms with Crippen molar-refractivity contribution in [1.29, 1.82) is 0 Å². The lowest BCUT2D eigenvalue weighted by molar-refractivity contribution is -0.131. The summed E-state index contributed by atoms with van der Waals surface area (Å²) < 4.78 is 5.35. The Morgan fingerprint density at radius 1 is 1.37 bits per heavy atom. The maximum Gasteiger partial charge on any atom is 0.262 e. The Hall–Kier alpha value is -3.27. The van der Waals surface area contributed by atoms with Crippen LogP contribution in [0.2, 0.25) is 0 Å². The predicted octanol–water partition coefficient (Wildman–Crippen LogP) is 1.80. The van der Waals surface area contributed by atoms with Crippen LogP contribution in [-0.4, -0.2) is 47.9 Å². The number of piperidine rings is 1. The molecule has 3 amide bonds. The molecule has 4 rings (SSSR count). The second-order valence-electron chi connectivity index (χ2n) is 8.16. The number of carbonyl (C=O) groups excluding carboxylic acids is 3. The van der Waals surface area contributed by atoms with Crippen molar-refractivity contribution in [3.63, 3.8) is 0 Å². The van der Waals surface area contributed by atoms with Crippen LogP contribution in [0.1, 0.15) is 31.7 Å². The van der Waals surface area contributed by atoms with Crippen LogP contribution in [0.3, 0.4) is 0 Å². The van der Waals surface area contributed by atoms with Gasteiger partial charge in [0.25, 0.3) is 5.91 Å². The summed E-state index contributed by atoms with van der Waals surface area (Å²) in [6.45, 7) is 2.51. The summed E-state index contributed by atoms with van der Waals surface area (Å²) in [4.78, 5) is 38.4. The summed E-state index contributed by atoms with van der Waals surface area (Å²) in [5.41, 5.74) is 1.39. The average Bonchev–Trinajstić information content (AvgIpc) is 3.53. The Bertz CT molecular complexity index is 948. The monoisotopic (exact) mass is 407 g/mol. The molecule has 0 radical (unpaired) electrons. The number of rotatable bonds is 4. The molecule has 7 heteroatoms. The molecular formula is C23H25N3O4. The van der Waals surface area contributed by atoms with Gasteiger partial charge in [0.1, 0.15) is 5.75 Å². The first-order valence-electron chi connectivity index (χ1n) is 10.3. The molecule has 1 aromatic rings. The predicted molar refractivity (Wildman–Crippen MR) is 112 cm³/mol.